The van der Waals surface area contributed by atoms with Gasteiger partial charge in [0, 0.05) is 19.8 Å². The molecule has 0 aromatic heterocycles. The molecule has 0 saturated heterocycles. The van der Waals surface area contributed by atoms with E-state index >= 15 is 0 Å². The Labute approximate surface area is 107 Å². The van der Waals surface area contributed by atoms with E-state index in [1.165, 1.54) is 12.1 Å². The average Bonchev–Trinajstić information content (AvgIpc) is 2.39. The normalized spacial score (nSPS) is 12.2. The van der Waals surface area contributed by atoms with Gasteiger partial charge in [0.15, 0.2) is 0 Å². The third-order valence-corrected chi connectivity index (χ3v) is 2.97. The Morgan fingerprint density at radius 2 is 1.67 bits per heavy atom. The van der Waals surface area contributed by atoms with Gasteiger partial charge in [-0.1, -0.05) is 24.3 Å². The van der Waals surface area contributed by atoms with Crippen molar-refractivity contribution in [3.8, 4) is 0 Å². The van der Waals surface area contributed by atoms with Crippen LogP contribution in [0.2, 0.25) is 0 Å². The van der Waals surface area contributed by atoms with Crippen LogP contribution >= 0.6 is 0 Å². The van der Waals surface area contributed by atoms with Crippen LogP contribution in [0.5, 0.6) is 0 Å². The molecule has 0 spiro atoms. The zero-order valence-electron chi connectivity index (χ0n) is 10.6. The fourth-order valence-electron chi connectivity index (χ4n) is 1.86. The highest BCUT2D eigenvalue weighted by Crippen LogP contribution is 2.23. The van der Waals surface area contributed by atoms with Crippen molar-refractivity contribution in [3.63, 3.8) is 0 Å². The van der Waals surface area contributed by atoms with Gasteiger partial charge in [0.1, 0.15) is 5.82 Å². The monoisotopic (exact) mass is 244 g/mol. The van der Waals surface area contributed by atoms with Gasteiger partial charge in [-0.25, -0.2) is 4.39 Å². The Morgan fingerprint density at radius 3 is 2.28 bits per heavy atom. The van der Waals surface area contributed by atoms with Gasteiger partial charge in [0.2, 0.25) is 0 Å². The van der Waals surface area contributed by atoms with Crippen molar-refractivity contribution in [2.75, 3.05) is 19.0 Å². The van der Waals surface area contributed by atoms with Gasteiger partial charge in [-0.2, -0.15) is 0 Å². The van der Waals surface area contributed by atoms with Gasteiger partial charge in [-0.3, -0.25) is 0 Å². The largest absolute Gasteiger partial charge is 0.378 e. The standard InChI is InChI=1S/C15H17FN2/c1-18(2)14-5-3-4-12(10-14)15(17)11-6-8-13(16)9-7-11/h3-10,15H,17H2,1-2H3. The van der Waals surface area contributed by atoms with Gasteiger partial charge >= 0.3 is 0 Å². The van der Waals surface area contributed by atoms with Crippen molar-refractivity contribution in [3.05, 3.63) is 65.5 Å². The minimum Gasteiger partial charge on any atom is -0.378 e. The predicted molar refractivity (Wildman–Crippen MR) is 73.2 cm³/mol. The molecule has 2 nitrogen and oxygen atoms in total. The molecule has 1 unspecified atom stereocenters. The molecule has 0 heterocycles. The Morgan fingerprint density at radius 1 is 1.00 bits per heavy atom. The number of nitrogens with zero attached hydrogens (tertiary/aromatic N) is 1. The summed E-state index contributed by atoms with van der Waals surface area (Å²) in [7, 11) is 3.98. The molecule has 2 aromatic carbocycles. The van der Waals surface area contributed by atoms with Crippen LogP contribution in [0.1, 0.15) is 17.2 Å². The molecule has 0 amide bonds. The molecule has 2 N–H and O–H groups in total. The van der Waals surface area contributed by atoms with Crippen molar-refractivity contribution in [2.45, 2.75) is 6.04 Å². The van der Waals surface area contributed by atoms with Crippen LogP contribution in [-0.4, -0.2) is 14.1 Å². The molecule has 2 rings (SSSR count). The Balaban J connectivity index is 2.30. The van der Waals surface area contributed by atoms with Gasteiger partial charge in [0.05, 0.1) is 6.04 Å². The molecule has 0 fully saturated rings. The average molecular weight is 244 g/mol. The lowest BCUT2D eigenvalue weighted by molar-refractivity contribution is 0.626. The molecule has 18 heavy (non-hydrogen) atoms. The quantitative estimate of drug-likeness (QED) is 0.899. The van der Waals surface area contributed by atoms with Crippen molar-refractivity contribution in [2.24, 2.45) is 5.73 Å². The fraction of sp³-hybridized carbons (Fsp3) is 0.200. The Hall–Kier alpha value is -1.87. The number of halogens is 1. The van der Waals surface area contributed by atoms with Gasteiger partial charge in [0.25, 0.3) is 0 Å². The topological polar surface area (TPSA) is 29.3 Å². The SMILES string of the molecule is CN(C)c1cccc(C(N)c2ccc(F)cc2)c1. The lowest BCUT2D eigenvalue weighted by atomic mass is 9.99. The van der Waals surface area contributed by atoms with E-state index in [0.717, 1.165) is 16.8 Å². The van der Waals surface area contributed by atoms with Crippen molar-refractivity contribution in [1.82, 2.24) is 0 Å². The van der Waals surface area contributed by atoms with E-state index < -0.39 is 0 Å². The van der Waals surface area contributed by atoms with Crippen molar-refractivity contribution >= 4 is 5.69 Å². The Bertz CT molecular complexity index is 520. The summed E-state index contributed by atoms with van der Waals surface area (Å²) in [5, 5.41) is 0. The third-order valence-electron chi connectivity index (χ3n) is 2.97. The zero-order chi connectivity index (χ0) is 13.1. The second-order valence-electron chi connectivity index (χ2n) is 4.52. The molecule has 0 saturated carbocycles. The van der Waals surface area contributed by atoms with E-state index in [9.17, 15) is 4.39 Å². The first-order chi connectivity index (χ1) is 8.58. The van der Waals surface area contributed by atoms with Gasteiger partial charge < -0.3 is 10.6 Å². The van der Waals surface area contributed by atoms with Gasteiger partial charge in [-0.15, -0.1) is 0 Å². The van der Waals surface area contributed by atoms with Crippen molar-refractivity contribution < 1.29 is 4.39 Å². The first kappa shape index (κ1) is 12.6. The summed E-state index contributed by atoms with van der Waals surface area (Å²) >= 11 is 0. The lowest BCUT2D eigenvalue weighted by Crippen LogP contribution is -2.14. The summed E-state index contributed by atoms with van der Waals surface area (Å²) in [6, 6.07) is 14.1. The number of nitrogens with two attached hydrogens (primary N) is 1. The molecule has 0 bridgehead atoms. The van der Waals surface area contributed by atoms with Crippen LogP contribution in [0.15, 0.2) is 48.5 Å². The van der Waals surface area contributed by atoms with E-state index in [0.29, 0.717) is 0 Å². The zero-order valence-corrected chi connectivity index (χ0v) is 10.6. The molecule has 0 aliphatic rings. The highest BCUT2D eigenvalue weighted by molar-refractivity contribution is 5.49. The number of benzene rings is 2. The molecular formula is C15H17FN2. The Kier molecular flexibility index (Phi) is 3.63. The number of hydrogen-bond acceptors (Lipinski definition) is 2. The molecule has 3 heteroatoms. The minimum absolute atomic E-state index is 0.231. The fourth-order valence-corrected chi connectivity index (χ4v) is 1.86. The predicted octanol–water partition coefficient (Wildman–Crippen LogP) is 2.94. The van der Waals surface area contributed by atoms with Crippen LogP contribution in [0.3, 0.4) is 0 Å². The van der Waals surface area contributed by atoms with E-state index in [1.807, 2.05) is 43.3 Å². The smallest absolute Gasteiger partial charge is 0.123 e. The second kappa shape index (κ2) is 5.19. The molecule has 0 radical (unpaired) electrons. The van der Waals surface area contributed by atoms with E-state index in [1.54, 1.807) is 12.1 Å². The van der Waals surface area contributed by atoms with E-state index in [-0.39, 0.29) is 11.9 Å². The summed E-state index contributed by atoms with van der Waals surface area (Å²) in [6.45, 7) is 0. The molecule has 94 valence electrons. The first-order valence-electron chi connectivity index (χ1n) is 5.86. The summed E-state index contributed by atoms with van der Waals surface area (Å²) in [5.74, 6) is -0.243. The molecule has 2 aromatic rings. The number of hydrogen-bond donors (Lipinski definition) is 1. The van der Waals surface area contributed by atoms with E-state index in [2.05, 4.69) is 0 Å². The highest BCUT2D eigenvalue weighted by atomic mass is 19.1. The van der Waals surface area contributed by atoms with Crippen molar-refractivity contribution in [1.29, 1.82) is 0 Å². The third kappa shape index (κ3) is 2.68. The second-order valence-corrected chi connectivity index (χ2v) is 4.52. The first-order valence-corrected chi connectivity index (χ1v) is 5.86. The summed E-state index contributed by atoms with van der Waals surface area (Å²) in [4.78, 5) is 2.03. The summed E-state index contributed by atoms with van der Waals surface area (Å²) < 4.78 is 12.9. The maximum absolute atomic E-state index is 12.9. The van der Waals surface area contributed by atoms with Crippen LogP contribution < -0.4 is 10.6 Å². The summed E-state index contributed by atoms with van der Waals surface area (Å²) in [6.07, 6.45) is 0. The molecular weight excluding hydrogens is 227 g/mol. The van der Waals surface area contributed by atoms with Crippen LogP contribution in [0.25, 0.3) is 0 Å². The lowest BCUT2D eigenvalue weighted by Gasteiger charge is -2.17. The van der Waals surface area contributed by atoms with Crippen LogP contribution in [-0.2, 0) is 0 Å². The van der Waals surface area contributed by atoms with Crippen LogP contribution in [0.4, 0.5) is 10.1 Å². The maximum Gasteiger partial charge on any atom is 0.123 e. The minimum atomic E-state index is -0.243. The number of rotatable bonds is 3. The molecule has 1 atom stereocenters. The molecule has 0 aliphatic heterocycles. The number of anilines is 1. The van der Waals surface area contributed by atoms with Gasteiger partial charge in [-0.05, 0) is 35.4 Å². The van der Waals surface area contributed by atoms with Crippen LogP contribution in [0, 0.1) is 5.82 Å². The highest BCUT2D eigenvalue weighted by Gasteiger charge is 2.09. The maximum atomic E-state index is 12.9. The summed E-state index contributed by atoms with van der Waals surface area (Å²) in [5.41, 5.74) is 9.23. The molecule has 0 aliphatic carbocycles. The van der Waals surface area contributed by atoms with E-state index in [4.69, 9.17) is 5.73 Å².